The van der Waals surface area contributed by atoms with Gasteiger partial charge in [0.25, 0.3) is 0 Å². The Kier molecular flexibility index (Phi) is 4.80. The minimum Gasteiger partial charge on any atom is -0.497 e. The number of benzene rings is 1. The monoisotopic (exact) mass is 263 g/mol. The number of aryl methyl sites for hydroxylation is 1. The van der Waals surface area contributed by atoms with Crippen molar-refractivity contribution in [1.82, 2.24) is 5.32 Å². The van der Waals surface area contributed by atoms with Gasteiger partial charge in [-0.1, -0.05) is 6.07 Å². The van der Waals surface area contributed by atoms with Crippen LogP contribution in [0.4, 0.5) is 0 Å². The van der Waals surface area contributed by atoms with Gasteiger partial charge in [-0.15, -0.1) is 0 Å². The maximum absolute atomic E-state index is 11.3. The molecule has 1 atom stereocenters. The van der Waals surface area contributed by atoms with E-state index in [4.69, 9.17) is 9.47 Å². The number of carbonyl (C=O) groups is 1. The predicted molar refractivity (Wildman–Crippen MR) is 73.4 cm³/mol. The fourth-order valence-corrected chi connectivity index (χ4v) is 2.47. The smallest absolute Gasteiger partial charge is 0.319 e. The van der Waals surface area contributed by atoms with Gasteiger partial charge in [-0.3, -0.25) is 4.79 Å². The maximum atomic E-state index is 11.3. The van der Waals surface area contributed by atoms with Crippen LogP contribution in [0.2, 0.25) is 0 Å². The van der Waals surface area contributed by atoms with Crippen molar-refractivity contribution in [2.45, 2.75) is 32.2 Å². The second-order valence-electron chi connectivity index (χ2n) is 4.76. The molecule has 1 aliphatic rings. The van der Waals surface area contributed by atoms with Crippen LogP contribution in [-0.4, -0.2) is 32.3 Å². The van der Waals surface area contributed by atoms with Crippen molar-refractivity contribution in [2.75, 3.05) is 20.3 Å². The summed E-state index contributed by atoms with van der Waals surface area (Å²) in [5.41, 5.74) is 2.70. The molecule has 2 rings (SSSR count). The quantitative estimate of drug-likeness (QED) is 0.822. The summed E-state index contributed by atoms with van der Waals surface area (Å²) in [4.78, 5) is 11.3. The van der Waals surface area contributed by atoms with Crippen molar-refractivity contribution < 1.29 is 14.3 Å². The molecule has 0 spiro atoms. The minimum absolute atomic E-state index is 0.178. The van der Waals surface area contributed by atoms with Gasteiger partial charge >= 0.3 is 5.97 Å². The normalized spacial score (nSPS) is 17.7. The molecule has 0 aliphatic heterocycles. The summed E-state index contributed by atoms with van der Waals surface area (Å²) in [6, 6.07) is 6.57. The van der Waals surface area contributed by atoms with Crippen molar-refractivity contribution in [3.63, 3.8) is 0 Å². The van der Waals surface area contributed by atoms with Gasteiger partial charge in [0.1, 0.15) is 5.75 Å². The number of nitrogens with one attached hydrogen (secondary N) is 1. The summed E-state index contributed by atoms with van der Waals surface area (Å²) in [7, 11) is 1.69. The lowest BCUT2D eigenvalue weighted by Gasteiger charge is -2.25. The molecule has 19 heavy (non-hydrogen) atoms. The Bertz CT molecular complexity index is 445. The Balaban J connectivity index is 1.89. The third kappa shape index (κ3) is 3.70. The topological polar surface area (TPSA) is 47.6 Å². The molecule has 104 valence electrons. The van der Waals surface area contributed by atoms with Gasteiger partial charge in [-0.25, -0.2) is 0 Å². The highest BCUT2D eigenvalue weighted by Gasteiger charge is 2.19. The van der Waals surface area contributed by atoms with Crippen LogP contribution in [-0.2, 0) is 22.4 Å². The van der Waals surface area contributed by atoms with Gasteiger partial charge < -0.3 is 14.8 Å². The van der Waals surface area contributed by atoms with Crippen LogP contribution in [0.3, 0.4) is 0 Å². The number of esters is 1. The van der Waals surface area contributed by atoms with Crippen LogP contribution in [0.25, 0.3) is 0 Å². The van der Waals surface area contributed by atoms with E-state index in [0.29, 0.717) is 19.2 Å². The highest BCUT2D eigenvalue weighted by Crippen LogP contribution is 2.25. The first-order valence-electron chi connectivity index (χ1n) is 6.77. The van der Waals surface area contributed by atoms with E-state index < -0.39 is 0 Å². The van der Waals surface area contributed by atoms with Gasteiger partial charge in [-0.2, -0.15) is 0 Å². The summed E-state index contributed by atoms with van der Waals surface area (Å²) in [5, 5.41) is 3.27. The van der Waals surface area contributed by atoms with Crippen LogP contribution in [0, 0.1) is 0 Å². The molecule has 0 radical (unpaired) electrons. The summed E-state index contributed by atoms with van der Waals surface area (Å²) < 4.78 is 10.2. The average Bonchev–Trinajstić information content (AvgIpc) is 2.44. The summed E-state index contributed by atoms with van der Waals surface area (Å²) >= 11 is 0. The summed E-state index contributed by atoms with van der Waals surface area (Å²) in [6.45, 7) is 2.56. The molecule has 1 aromatic rings. The van der Waals surface area contributed by atoms with Crippen LogP contribution < -0.4 is 10.1 Å². The van der Waals surface area contributed by atoms with E-state index in [1.54, 1.807) is 7.11 Å². The molecule has 1 unspecified atom stereocenters. The number of methoxy groups -OCH3 is 1. The number of carbonyl (C=O) groups excluding carboxylic acids is 1. The molecule has 1 N–H and O–H groups in total. The fourth-order valence-electron chi connectivity index (χ4n) is 2.47. The number of rotatable bonds is 5. The van der Waals surface area contributed by atoms with Crippen molar-refractivity contribution in [3.05, 3.63) is 29.3 Å². The Labute approximate surface area is 114 Å². The SMILES string of the molecule is CCOC(=O)CNC1CCc2cc(OC)ccc2C1. The van der Waals surface area contributed by atoms with E-state index in [1.807, 2.05) is 13.0 Å². The first kappa shape index (κ1) is 13.9. The largest absolute Gasteiger partial charge is 0.497 e. The third-order valence-electron chi connectivity index (χ3n) is 3.48. The predicted octanol–water partition coefficient (Wildman–Crippen LogP) is 1.71. The van der Waals surface area contributed by atoms with Crippen LogP contribution in [0.1, 0.15) is 24.5 Å². The minimum atomic E-state index is -0.178. The van der Waals surface area contributed by atoms with E-state index in [9.17, 15) is 4.79 Å². The summed E-state index contributed by atoms with van der Waals surface area (Å²) in [5.74, 6) is 0.736. The highest BCUT2D eigenvalue weighted by atomic mass is 16.5. The number of hydrogen-bond donors (Lipinski definition) is 1. The van der Waals surface area contributed by atoms with Gasteiger partial charge in [0.15, 0.2) is 0 Å². The molecule has 0 heterocycles. The van der Waals surface area contributed by atoms with Crippen LogP contribution in [0.15, 0.2) is 18.2 Å². The van der Waals surface area contributed by atoms with Crippen LogP contribution in [0.5, 0.6) is 5.75 Å². The molecule has 0 fully saturated rings. The lowest BCUT2D eigenvalue weighted by molar-refractivity contribution is -0.142. The zero-order chi connectivity index (χ0) is 13.7. The van der Waals surface area contributed by atoms with Crippen molar-refractivity contribution in [3.8, 4) is 5.75 Å². The van der Waals surface area contributed by atoms with Gasteiger partial charge in [0.2, 0.25) is 0 Å². The number of fused-ring (bicyclic) bond motifs is 1. The number of hydrogen-bond acceptors (Lipinski definition) is 4. The lowest BCUT2D eigenvalue weighted by atomic mass is 9.88. The molecular weight excluding hydrogens is 242 g/mol. The Hall–Kier alpha value is -1.55. The highest BCUT2D eigenvalue weighted by molar-refractivity contribution is 5.71. The zero-order valence-electron chi connectivity index (χ0n) is 11.6. The maximum Gasteiger partial charge on any atom is 0.319 e. The van der Waals surface area contributed by atoms with Crippen molar-refractivity contribution in [1.29, 1.82) is 0 Å². The summed E-state index contributed by atoms with van der Waals surface area (Å²) in [6.07, 6.45) is 3.02. The molecule has 0 amide bonds. The van der Waals surface area contributed by atoms with E-state index in [1.165, 1.54) is 11.1 Å². The molecule has 0 aromatic heterocycles. The third-order valence-corrected chi connectivity index (χ3v) is 3.48. The molecule has 4 nitrogen and oxygen atoms in total. The molecule has 0 bridgehead atoms. The average molecular weight is 263 g/mol. The molecule has 1 aliphatic carbocycles. The van der Waals surface area contributed by atoms with E-state index in [0.717, 1.165) is 25.0 Å². The van der Waals surface area contributed by atoms with Crippen molar-refractivity contribution >= 4 is 5.97 Å². The molecule has 1 aromatic carbocycles. The van der Waals surface area contributed by atoms with Gasteiger partial charge in [-0.05, 0) is 49.4 Å². The van der Waals surface area contributed by atoms with Gasteiger partial charge in [0, 0.05) is 6.04 Å². The zero-order valence-corrected chi connectivity index (χ0v) is 11.6. The van der Waals surface area contributed by atoms with Crippen molar-refractivity contribution in [2.24, 2.45) is 0 Å². The fraction of sp³-hybridized carbons (Fsp3) is 0.533. The molecule has 0 saturated heterocycles. The second kappa shape index (κ2) is 6.57. The first-order valence-corrected chi connectivity index (χ1v) is 6.77. The van der Waals surface area contributed by atoms with E-state index in [2.05, 4.69) is 17.4 Å². The first-order chi connectivity index (χ1) is 9.22. The second-order valence-corrected chi connectivity index (χ2v) is 4.76. The molecular formula is C15H21NO3. The van der Waals surface area contributed by atoms with Crippen LogP contribution >= 0.6 is 0 Å². The standard InChI is InChI=1S/C15H21NO3/c1-3-19-15(17)10-16-13-6-4-12-9-14(18-2)7-5-11(12)8-13/h5,7,9,13,16H,3-4,6,8,10H2,1-2H3. The Morgan fingerprint density at radius 1 is 1.42 bits per heavy atom. The Morgan fingerprint density at radius 2 is 2.26 bits per heavy atom. The Morgan fingerprint density at radius 3 is 3.00 bits per heavy atom. The van der Waals surface area contributed by atoms with E-state index >= 15 is 0 Å². The molecule has 0 saturated carbocycles. The van der Waals surface area contributed by atoms with E-state index in [-0.39, 0.29) is 5.97 Å². The lowest BCUT2D eigenvalue weighted by Crippen LogP contribution is -2.38. The molecule has 4 heteroatoms. The number of ether oxygens (including phenoxy) is 2. The van der Waals surface area contributed by atoms with Gasteiger partial charge in [0.05, 0.1) is 20.3 Å².